The molecular formula is C18H20N2O2. The first-order valence-corrected chi connectivity index (χ1v) is 7.46. The maximum atomic E-state index is 12.2. The number of carbonyl (C=O) groups excluding carboxylic acids is 1. The molecule has 22 heavy (non-hydrogen) atoms. The summed E-state index contributed by atoms with van der Waals surface area (Å²) in [6.45, 7) is 3.32. The highest BCUT2D eigenvalue weighted by atomic mass is 16.5. The molecule has 4 nitrogen and oxygen atoms in total. The van der Waals surface area contributed by atoms with Crippen LogP contribution in [0.2, 0.25) is 0 Å². The fourth-order valence-electron chi connectivity index (χ4n) is 2.86. The van der Waals surface area contributed by atoms with Crippen molar-refractivity contribution in [2.75, 3.05) is 18.6 Å². The number of nitrogens with zero attached hydrogens (tertiary/aromatic N) is 1. The Balaban J connectivity index is 1.78. The summed E-state index contributed by atoms with van der Waals surface area (Å²) < 4.78 is 5.17. The van der Waals surface area contributed by atoms with Crippen molar-refractivity contribution in [2.24, 2.45) is 0 Å². The van der Waals surface area contributed by atoms with Crippen molar-refractivity contribution in [3.63, 3.8) is 0 Å². The molecule has 0 unspecified atom stereocenters. The largest absolute Gasteiger partial charge is 0.497 e. The van der Waals surface area contributed by atoms with Crippen LogP contribution >= 0.6 is 0 Å². The first-order valence-electron chi connectivity index (χ1n) is 7.46. The number of nitrogens with one attached hydrogen (secondary N) is 1. The van der Waals surface area contributed by atoms with E-state index in [1.165, 1.54) is 11.1 Å². The summed E-state index contributed by atoms with van der Waals surface area (Å²) >= 11 is 0. The van der Waals surface area contributed by atoms with Gasteiger partial charge in [0.2, 0.25) is 0 Å². The Kier molecular flexibility index (Phi) is 4.00. The van der Waals surface area contributed by atoms with E-state index in [1.54, 1.807) is 7.11 Å². The maximum absolute atomic E-state index is 12.2. The highest BCUT2D eigenvalue weighted by Gasteiger charge is 2.24. The summed E-state index contributed by atoms with van der Waals surface area (Å²) in [6, 6.07) is 14.1. The summed E-state index contributed by atoms with van der Waals surface area (Å²) in [5.74, 6) is 0.848. The minimum absolute atomic E-state index is 0.0182. The molecule has 0 saturated carbocycles. The second-order valence-corrected chi connectivity index (χ2v) is 5.49. The van der Waals surface area contributed by atoms with Crippen LogP contribution < -0.4 is 15.0 Å². The average Bonchev–Trinajstić information content (AvgIpc) is 2.55. The molecule has 0 atom stereocenters. The Morgan fingerprint density at radius 1 is 1.18 bits per heavy atom. The number of hydrogen-bond donors (Lipinski definition) is 1. The van der Waals surface area contributed by atoms with Crippen molar-refractivity contribution in [1.29, 1.82) is 0 Å². The second-order valence-electron chi connectivity index (χ2n) is 5.49. The van der Waals surface area contributed by atoms with Crippen LogP contribution in [0.1, 0.15) is 16.7 Å². The van der Waals surface area contributed by atoms with E-state index >= 15 is 0 Å². The standard InChI is InChI=1S/C18H20N2O2/c1-13-4-3-5-15-12-19-18(21)20(17(13)15)11-10-14-6-8-16(22-2)9-7-14/h3-9H,10-12H2,1-2H3,(H,19,21). The lowest BCUT2D eigenvalue weighted by molar-refractivity contribution is 0.244. The van der Waals surface area contributed by atoms with Crippen LogP contribution in [0, 0.1) is 6.92 Å². The van der Waals surface area contributed by atoms with E-state index in [1.807, 2.05) is 35.2 Å². The minimum atomic E-state index is -0.0182. The van der Waals surface area contributed by atoms with Gasteiger partial charge in [-0.15, -0.1) is 0 Å². The molecule has 4 heteroatoms. The number of ether oxygens (including phenoxy) is 1. The van der Waals surface area contributed by atoms with Crippen LogP contribution in [0.5, 0.6) is 5.75 Å². The molecule has 1 aliphatic rings. The van der Waals surface area contributed by atoms with Crippen molar-refractivity contribution in [1.82, 2.24) is 5.32 Å². The van der Waals surface area contributed by atoms with Crippen LogP contribution in [0.4, 0.5) is 10.5 Å². The second kappa shape index (κ2) is 6.10. The molecule has 0 aromatic heterocycles. The van der Waals surface area contributed by atoms with Gasteiger partial charge >= 0.3 is 6.03 Å². The zero-order valence-electron chi connectivity index (χ0n) is 12.9. The number of anilines is 1. The SMILES string of the molecule is COc1ccc(CCN2C(=O)NCc3cccc(C)c32)cc1. The lowest BCUT2D eigenvalue weighted by Crippen LogP contribution is -2.45. The molecule has 114 valence electrons. The number of carbonyl (C=O) groups is 1. The zero-order chi connectivity index (χ0) is 15.5. The van der Waals surface area contributed by atoms with Crippen molar-refractivity contribution in [3.05, 3.63) is 59.2 Å². The fraction of sp³-hybridized carbons (Fsp3) is 0.278. The molecule has 1 aliphatic heterocycles. The topological polar surface area (TPSA) is 41.6 Å². The molecule has 1 N–H and O–H groups in total. The first kappa shape index (κ1) is 14.4. The average molecular weight is 296 g/mol. The highest BCUT2D eigenvalue weighted by molar-refractivity contribution is 5.95. The third kappa shape index (κ3) is 2.77. The zero-order valence-corrected chi connectivity index (χ0v) is 12.9. The number of urea groups is 1. The summed E-state index contributed by atoms with van der Waals surface area (Å²) in [6.07, 6.45) is 0.811. The maximum Gasteiger partial charge on any atom is 0.322 e. The van der Waals surface area contributed by atoms with Crippen LogP contribution in [0.3, 0.4) is 0 Å². The quantitative estimate of drug-likeness (QED) is 0.940. The minimum Gasteiger partial charge on any atom is -0.497 e. The number of hydrogen-bond acceptors (Lipinski definition) is 2. The van der Waals surface area contributed by atoms with E-state index in [0.717, 1.165) is 23.4 Å². The lowest BCUT2D eigenvalue weighted by atomic mass is 10.0. The Bertz CT molecular complexity index is 680. The van der Waals surface area contributed by atoms with Crippen molar-refractivity contribution in [2.45, 2.75) is 19.9 Å². The normalized spacial score (nSPS) is 13.5. The molecule has 0 radical (unpaired) electrons. The van der Waals surface area contributed by atoms with Gasteiger partial charge in [0.1, 0.15) is 5.75 Å². The van der Waals surface area contributed by atoms with Gasteiger partial charge in [-0.3, -0.25) is 4.90 Å². The van der Waals surface area contributed by atoms with Gasteiger partial charge in [0, 0.05) is 13.1 Å². The molecule has 1 heterocycles. The molecule has 0 aliphatic carbocycles. The number of para-hydroxylation sites is 1. The lowest BCUT2D eigenvalue weighted by Gasteiger charge is -2.31. The monoisotopic (exact) mass is 296 g/mol. The number of benzene rings is 2. The summed E-state index contributed by atoms with van der Waals surface area (Å²) in [7, 11) is 1.66. The van der Waals surface area contributed by atoms with Crippen molar-refractivity contribution in [3.8, 4) is 5.75 Å². The molecule has 0 bridgehead atoms. The number of amides is 2. The molecule has 2 aromatic rings. The fourth-order valence-corrected chi connectivity index (χ4v) is 2.86. The number of aryl methyl sites for hydroxylation is 1. The number of fused-ring (bicyclic) bond motifs is 1. The van der Waals surface area contributed by atoms with Gasteiger partial charge in [-0.05, 0) is 42.2 Å². The van der Waals surface area contributed by atoms with E-state index in [-0.39, 0.29) is 6.03 Å². The molecule has 3 rings (SSSR count). The first-order chi connectivity index (χ1) is 10.7. The van der Waals surface area contributed by atoms with Crippen molar-refractivity contribution >= 4 is 11.7 Å². The molecular weight excluding hydrogens is 276 g/mol. The Hall–Kier alpha value is -2.49. The summed E-state index contributed by atoms with van der Waals surface area (Å²) in [5, 5.41) is 2.94. The van der Waals surface area contributed by atoms with E-state index in [9.17, 15) is 4.79 Å². The molecule has 2 amide bonds. The van der Waals surface area contributed by atoms with Gasteiger partial charge < -0.3 is 10.1 Å². The smallest absolute Gasteiger partial charge is 0.322 e. The van der Waals surface area contributed by atoms with Gasteiger partial charge in [0.15, 0.2) is 0 Å². The number of rotatable bonds is 4. The predicted octanol–water partition coefficient (Wildman–Crippen LogP) is 3.28. The van der Waals surface area contributed by atoms with Crippen molar-refractivity contribution < 1.29 is 9.53 Å². The number of methoxy groups -OCH3 is 1. The van der Waals surface area contributed by atoms with E-state index < -0.39 is 0 Å². The van der Waals surface area contributed by atoms with E-state index in [2.05, 4.69) is 24.4 Å². The van der Waals surface area contributed by atoms with Crippen LogP contribution in [-0.2, 0) is 13.0 Å². The van der Waals surface area contributed by atoms with Gasteiger partial charge in [0.25, 0.3) is 0 Å². The van der Waals surface area contributed by atoms with Crippen LogP contribution in [-0.4, -0.2) is 19.7 Å². The van der Waals surface area contributed by atoms with Crippen LogP contribution in [0.25, 0.3) is 0 Å². The Morgan fingerprint density at radius 2 is 1.95 bits per heavy atom. The van der Waals surface area contributed by atoms with Crippen LogP contribution in [0.15, 0.2) is 42.5 Å². The Morgan fingerprint density at radius 3 is 2.68 bits per heavy atom. The third-order valence-corrected chi connectivity index (χ3v) is 4.05. The Labute approximate surface area is 130 Å². The van der Waals surface area contributed by atoms with Gasteiger partial charge in [-0.2, -0.15) is 0 Å². The van der Waals surface area contributed by atoms with Gasteiger partial charge in [0.05, 0.1) is 12.8 Å². The molecule has 2 aromatic carbocycles. The molecule has 0 spiro atoms. The van der Waals surface area contributed by atoms with Gasteiger partial charge in [-0.25, -0.2) is 4.79 Å². The van der Waals surface area contributed by atoms with E-state index in [0.29, 0.717) is 13.1 Å². The summed E-state index contributed by atoms with van der Waals surface area (Å²) in [5.41, 5.74) is 4.56. The molecule has 0 fully saturated rings. The summed E-state index contributed by atoms with van der Waals surface area (Å²) in [4.78, 5) is 14.1. The van der Waals surface area contributed by atoms with Gasteiger partial charge in [-0.1, -0.05) is 30.3 Å². The predicted molar refractivity (Wildman–Crippen MR) is 87.5 cm³/mol. The highest BCUT2D eigenvalue weighted by Crippen LogP contribution is 2.28. The molecule has 0 saturated heterocycles. The third-order valence-electron chi connectivity index (χ3n) is 4.05. The van der Waals surface area contributed by atoms with E-state index in [4.69, 9.17) is 4.74 Å².